The summed E-state index contributed by atoms with van der Waals surface area (Å²) in [7, 11) is 0. The van der Waals surface area contributed by atoms with Crippen LogP contribution in [0.3, 0.4) is 0 Å². The van der Waals surface area contributed by atoms with E-state index in [9.17, 15) is 9.90 Å². The summed E-state index contributed by atoms with van der Waals surface area (Å²) in [5.74, 6) is 0.324. The largest absolute Gasteiger partial charge is 0.394 e. The molecule has 2 N–H and O–H groups in total. The lowest BCUT2D eigenvalue weighted by Gasteiger charge is -2.22. The summed E-state index contributed by atoms with van der Waals surface area (Å²) >= 11 is 0. The minimum atomic E-state index is -0.148. The zero-order chi connectivity index (χ0) is 14.3. The minimum Gasteiger partial charge on any atom is -0.394 e. The quantitative estimate of drug-likeness (QED) is 0.794. The van der Waals surface area contributed by atoms with Crippen molar-refractivity contribution in [3.63, 3.8) is 0 Å². The summed E-state index contributed by atoms with van der Waals surface area (Å²) in [6, 6.07) is 9.65. The fourth-order valence-electron chi connectivity index (χ4n) is 2.31. The van der Waals surface area contributed by atoms with Gasteiger partial charge in [-0.25, -0.2) is 0 Å². The van der Waals surface area contributed by atoms with Crippen LogP contribution < -0.4 is 5.32 Å². The van der Waals surface area contributed by atoms with Gasteiger partial charge in [-0.1, -0.05) is 51.1 Å². The SMILES string of the molecule is CCC(C(=O)NC(CO)CC(C)C)c1ccccc1. The zero-order valence-electron chi connectivity index (χ0n) is 12.1. The van der Waals surface area contributed by atoms with Crippen molar-refractivity contribution < 1.29 is 9.90 Å². The maximum Gasteiger partial charge on any atom is 0.227 e. The van der Waals surface area contributed by atoms with E-state index in [4.69, 9.17) is 0 Å². The molecule has 2 unspecified atom stereocenters. The Morgan fingerprint density at radius 3 is 2.37 bits per heavy atom. The van der Waals surface area contributed by atoms with Gasteiger partial charge in [0, 0.05) is 0 Å². The normalized spacial score (nSPS) is 14.2. The third-order valence-corrected chi connectivity index (χ3v) is 3.25. The van der Waals surface area contributed by atoms with Crippen molar-refractivity contribution in [2.75, 3.05) is 6.61 Å². The molecule has 0 saturated carbocycles. The molecule has 19 heavy (non-hydrogen) atoms. The van der Waals surface area contributed by atoms with Crippen LogP contribution in [0.4, 0.5) is 0 Å². The molecule has 3 heteroatoms. The average molecular weight is 263 g/mol. The Morgan fingerprint density at radius 1 is 1.26 bits per heavy atom. The van der Waals surface area contributed by atoms with E-state index in [0.29, 0.717) is 5.92 Å². The van der Waals surface area contributed by atoms with Crippen molar-refractivity contribution in [3.05, 3.63) is 35.9 Å². The second-order valence-corrected chi connectivity index (χ2v) is 5.39. The van der Waals surface area contributed by atoms with Gasteiger partial charge >= 0.3 is 0 Å². The van der Waals surface area contributed by atoms with Gasteiger partial charge in [0.2, 0.25) is 5.91 Å². The first-order valence-corrected chi connectivity index (χ1v) is 7.04. The molecule has 1 aromatic rings. The highest BCUT2D eigenvalue weighted by atomic mass is 16.3. The lowest BCUT2D eigenvalue weighted by molar-refractivity contribution is -0.123. The topological polar surface area (TPSA) is 49.3 Å². The van der Waals surface area contributed by atoms with Gasteiger partial charge in [0.05, 0.1) is 18.6 Å². The van der Waals surface area contributed by atoms with Crippen molar-refractivity contribution >= 4 is 5.91 Å². The van der Waals surface area contributed by atoms with Gasteiger partial charge in [0.15, 0.2) is 0 Å². The number of hydrogen-bond acceptors (Lipinski definition) is 2. The number of hydrogen-bond donors (Lipinski definition) is 2. The second kappa shape index (κ2) is 7.95. The van der Waals surface area contributed by atoms with Gasteiger partial charge in [0.25, 0.3) is 0 Å². The Bertz CT molecular complexity index is 376. The molecule has 0 aromatic heterocycles. The van der Waals surface area contributed by atoms with E-state index in [0.717, 1.165) is 18.4 Å². The second-order valence-electron chi connectivity index (χ2n) is 5.39. The highest BCUT2D eigenvalue weighted by Crippen LogP contribution is 2.19. The van der Waals surface area contributed by atoms with Gasteiger partial charge in [-0.15, -0.1) is 0 Å². The number of carbonyl (C=O) groups is 1. The molecule has 0 saturated heterocycles. The number of carbonyl (C=O) groups excluding carboxylic acids is 1. The molecule has 0 aliphatic rings. The van der Waals surface area contributed by atoms with Gasteiger partial charge < -0.3 is 10.4 Å². The van der Waals surface area contributed by atoms with Crippen LogP contribution >= 0.6 is 0 Å². The molecule has 3 nitrogen and oxygen atoms in total. The Morgan fingerprint density at radius 2 is 1.89 bits per heavy atom. The van der Waals surface area contributed by atoms with E-state index in [1.807, 2.05) is 37.3 Å². The van der Waals surface area contributed by atoms with Crippen molar-refractivity contribution in [2.24, 2.45) is 5.92 Å². The van der Waals surface area contributed by atoms with Gasteiger partial charge in [0.1, 0.15) is 0 Å². The first kappa shape index (κ1) is 15.7. The van der Waals surface area contributed by atoms with Crippen molar-refractivity contribution in [2.45, 2.75) is 45.6 Å². The molecule has 0 heterocycles. The average Bonchev–Trinajstić information content (AvgIpc) is 2.39. The molecule has 0 aliphatic carbocycles. The summed E-state index contributed by atoms with van der Waals surface area (Å²) in [4.78, 5) is 12.3. The molecule has 1 amide bonds. The molecule has 0 fully saturated rings. The lowest BCUT2D eigenvalue weighted by atomic mass is 9.94. The van der Waals surface area contributed by atoms with Crippen LogP contribution in [0.25, 0.3) is 0 Å². The van der Waals surface area contributed by atoms with Gasteiger partial charge in [-0.05, 0) is 24.3 Å². The summed E-state index contributed by atoms with van der Waals surface area (Å²) < 4.78 is 0. The number of rotatable bonds is 7. The maximum atomic E-state index is 12.3. The Kier molecular flexibility index (Phi) is 6.57. The minimum absolute atomic E-state index is 0.00482. The monoisotopic (exact) mass is 263 g/mol. The van der Waals surface area contributed by atoms with Crippen LogP contribution in [-0.4, -0.2) is 23.7 Å². The number of aliphatic hydroxyl groups is 1. The van der Waals surface area contributed by atoms with Crippen LogP contribution in [0.15, 0.2) is 30.3 Å². The predicted octanol–water partition coefficient (Wildman–Crippen LogP) is 2.70. The van der Waals surface area contributed by atoms with Crippen LogP contribution in [0.2, 0.25) is 0 Å². The number of amides is 1. The fourth-order valence-corrected chi connectivity index (χ4v) is 2.31. The summed E-state index contributed by atoms with van der Waals surface area (Å²) in [6.07, 6.45) is 1.56. The predicted molar refractivity (Wildman–Crippen MR) is 77.9 cm³/mol. The molecular weight excluding hydrogens is 238 g/mol. The van der Waals surface area contributed by atoms with Crippen LogP contribution in [0.1, 0.15) is 45.1 Å². The third kappa shape index (κ3) is 5.03. The van der Waals surface area contributed by atoms with Crippen LogP contribution in [0.5, 0.6) is 0 Å². The van der Waals surface area contributed by atoms with E-state index in [2.05, 4.69) is 19.2 Å². The highest BCUT2D eigenvalue weighted by molar-refractivity contribution is 5.83. The van der Waals surface area contributed by atoms with Crippen molar-refractivity contribution in [1.82, 2.24) is 5.32 Å². The summed E-state index contributed by atoms with van der Waals surface area (Å²) in [5, 5.41) is 12.3. The van der Waals surface area contributed by atoms with E-state index < -0.39 is 0 Å². The van der Waals surface area contributed by atoms with Crippen LogP contribution in [-0.2, 0) is 4.79 Å². The number of benzene rings is 1. The van der Waals surface area contributed by atoms with Gasteiger partial charge in [-0.2, -0.15) is 0 Å². The smallest absolute Gasteiger partial charge is 0.227 e. The molecule has 0 bridgehead atoms. The molecule has 0 aliphatic heterocycles. The van der Waals surface area contributed by atoms with Crippen molar-refractivity contribution in [3.8, 4) is 0 Å². The molecule has 1 rings (SSSR count). The molecule has 2 atom stereocenters. The first-order valence-electron chi connectivity index (χ1n) is 7.04. The third-order valence-electron chi connectivity index (χ3n) is 3.25. The molecule has 0 spiro atoms. The number of nitrogens with one attached hydrogen (secondary N) is 1. The summed E-state index contributed by atoms with van der Waals surface area (Å²) in [5.41, 5.74) is 1.03. The fraction of sp³-hybridized carbons (Fsp3) is 0.562. The lowest BCUT2D eigenvalue weighted by Crippen LogP contribution is -2.41. The zero-order valence-corrected chi connectivity index (χ0v) is 12.1. The van der Waals surface area contributed by atoms with E-state index in [-0.39, 0.29) is 24.5 Å². The highest BCUT2D eigenvalue weighted by Gasteiger charge is 2.21. The molecule has 106 valence electrons. The first-order chi connectivity index (χ1) is 9.08. The Balaban J connectivity index is 2.69. The molecule has 0 radical (unpaired) electrons. The summed E-state index contributed by atoms with van der Waals surface area (Å²) in [6.45, 7) is 6.18. The standard InChI is InChI=1S/C16H25NO2/c1-4-15(13-8-6-5-7-9-13)16(19)17-14(11-18)10-12(2)3/h5-9,12,14-15,18H,4,10-11H2,1-3H3,(H,17,19). The van der Waals surface area contributed by atoms with E-state index >= 15 is 0 Å². The van der Waals surface area contributed by atoms with E-state index in [1.54, 1.807) is 0 Å². The van der Waals surface area contributed by atoms with E-state index in [1.165, 1.54) is 0 Å². The molecular formula is C16H25NO2. The number of aliphatic hydroxyl groups excluding tert-OH is 1. The Labute approximate surface area is 116 Å². The van der Waals surface area contributed by atoms with Crippen LogP contribution in [0, 0.1) is 5.92 Å². The Hall–Kier alpha value is -1.35. The molecule has 1 aromatic carbocycles. The van der Waals surface area contributed by atoms with Gasteiger partial charge in [-0.3, -0.25) is 4.79 Å². The maximum absolute atomic E-state index is 12.3. The van der Waals surface area contributed by atoms with Crippen molar-refractivity contribution in [1.29, 1.82) is 0 Å².